The van der Waals surface area contributed by atoms with Crippen LogP contribution in [0.5, 0.6) is 5.75 Å². The number of nitrogens with one attached hydrogen (secondary N) is 1. The van der Waals surface area contributed by atoms with E-state index in [0.29, 0.717) is 36.0 Å². The van der Waals surface area contributed by atoms with E-state index in [9.17, 15) is 14.7 Å². The van der Waals surface area contributed by atoms with Crippen LogP contribution in [-0.2, 0) is 11.3 Å². The van der Waals surface area contributed by atoms with Crippen LogP contribution in [-0.4, -0.2) is 86.9 Å². The van der Waals surface area contributed by atoms with Gasteiger partial charge in [-0.25, -0.2) is 14.8 Å². The molecule has 13 heteroatoms. The van der Waals surface area contributed by atoms with Crippen LogP contribution in [0.4, 0.5) is 27.9 Å². The SMILES string of the molecule is Nc1nnc(-c2ccccc2O)cc1N1CC2CCC(C1)N2c1ncc(C2CCN(Cc3cccc(N4CCC(=O)NC4=O)c3)CC2)cn1. The first-order chi connectivity index (χ1) is 23.9. The van der Waals surface area contributed by atoms with Crippen molar-refractivity contribution in [3.8, 4) is 17.0 Å². The number of phenolic OH excluding ortho intramolecular Hbond substituents is 1. The number of urea groups is 1. The number of fused-ring (bicyclic) bond motifs is 2. The Hall–Kier alpha value is -5.30. The second-order valence-electron chi connectivity index (χ2n) is 13.5. The molecule has 0 spiro atoms. The molecule has 0 aliphatic carbocycles. The second kappa shape index (κ2) is 13.0. The molecule has 4 fully saturated rings. The molecule has 4 aliphatic rings. The smallest absolute Gasteiger partial charge is 0.328 e. The minimum absolute atomic E-state index is 0.163. The number of aromatic hydroxyl groups is 1. The normalized spacial score (nSPS) is 21.7. The summed E-state index contributed by atoms with van der Waals surface area (Å²) in [6.45, 7) is 4.73. The third-order valence-electron chi connectivity index (χ3n) is 10.4. The van der Waals surface area contributed by atoms with Gasteiger partial charge in [0.05, 0.1) is 11.4 Å². The molecule has 252 valence electrons. The molecule has 0 saturated carbocycles. The number of rotatable bonds is 7. The van der Waals surface area contributed by atoms with Gasteiger partial charge < -0.3 is 20.6 Å². The van der Waals surface area contributed by atoms with E-state index >= 15 is 0 Å². The summed E-state index contributed by atoms with van der Waals surface area (Å²) in [5, 5.41) is 21.3. The standard InChI is InChI=1S/C36H40N10O3/c37-34-31(17-30(41-42-34)29-6-1-2-7-32(29)47)44-21-27-8-9-28(22-44)46(27)35-38-18-25(19-39-35)24-10-13-43(14-11-24)20-23-4-3-5-26(16-23)45-15-12-33(48)40-36(45)49/h1-7,16-19,24,27-28,47H,8-15,20-22H2,(H2,37,42)(H,40,48,49). The van der Waals surface area contributed by atoms with Crippen molar-refractivity contribution in [1.82, 2.24) is 30.4 Å². The fraction of sp³-hybridized carbons (Fsp3) is 0.389. The highest BCUT2D eigenvalue weighted by Crippen LogP contribution is 2.38. The number of nitrogens with zero attached hydrogens (tertiary/aromatic N) is 8. The van der Waals surface area contributed by atoms with E-state index in [1.807, 2.05) is 42.7 Å². The molecule has 2 aromatic heterocycles. The van der Waals surface area contributed by atoms with Crippen molar-refractivity contribution in [3.63, 3.8) is 0 Å². The van der Waals surface area contributed by atoms with Crippen molar-refractivity contribution in [1.29, 1.82) is 0 Å². The molecule has 2 unspecified atom stereocenters. The number of likely N-dealkylation sites (tertiary alicyclic amines) is 1. The predicted molar refractivity (Wildman–Crippen MR) is 186 cm³/mol. The summed E-state index contributed by atoms with van der Waals surface area (Å²) in [5.74, 6) is 1.53. The number of carbonyl (C=O) groups excluding carboxylic acids is 2. The molecule has 4 aliphatic heterocycles. The molecule has 0 radical (unpaired) electrons. The minimum atomic E-state index is -0.356. The number of piperidine rings is 1. The first kappa shape index (κ1) is 31.0. The zero-order valence-corrected chi connectivity index (χ0v) is 27.3. The Bertz CT molecular complexity index is 1850. The average molecular weight is 661 g/mol. The van der Waals surface area contributed by atoms with E-state index in [2.05, 4.69) is 42.3 Å². The first-order valence-electron chi connectivity index (χ1n) is 17.1. The fourth-order valence-electron chi connectivity index (χ4n) is 7.88. The number of piperazine rings is 1. The lowest BCUT2D eigenvalue weighted by Gasteiger charge is -2.42. The Balaban J connectivity index is 0.879. The van der Waals surface area contributed by atoms with Crippen LogP contribution in [0, 0.1) is 0 Å². The molecule has 13 nitrogen and oxygen atoms in total. The summed E-state index contributed by atoms with van der Waals surface area (Å²) in [4.78, 5) is 42.4. The van der Waals surface area contributed by atoms with Gasteiger partial charge in [-0.2, -0.15) is 0 Å². The van der Waals surface area contributed by atoms with Gasteiger partial charge in [-0.3, -0.25) is 19.9 Å². The summed E-state index contributed by atoms with van der Waals surface area (Å²) in [7, 11) is 0. The Morgan fingerprint density at radius 2 is 1.63 bits per heavy atom. The number of amides is 3. The van der Waals surface area contributed by atoms with Crippen molar-refractivity contribution >= 4 is 35.1 Å². The summed E-state index contributed by atoms with van der Waals surface area (Å²) >= 11 is 0. The van der Waals surface area contributed by atoms with E-state index < -0.39 is 0 Å². The van der Waals surface area contributed by atoms with Crippen molar-refractivity contribution in [3.05, 3.63) is 78.1 Å². The number of imide groups is 1. The third kappa shape index (κ3) is 6.21. The fourth-order valence-corrected chi connectivity index (χ4v) is 7.88. The number of para-hydroxylation sites is 1. The molecule has 49 heavy (non-hydrogen) atoms. The number of benzene rings is 2. The molecule has 4 N–H and O–H groups in total. The van der Waals surface area contributed by atoms with Crippen molar-refractivity contribution in [2.45, 2.75) is 56.7 Å². The largest absolute Gasteiger partial charge is 0.507 e. The van der Waals surface area contributed by atoms with Crippen molar-refractivity contribution < 1.29 is 14.7 Å². The van der Waals surface area contributed by atoms with Gasteiger partial charge in [0, 0.05) is 68.3 Å². The number of anilines is 4. The van der Waals surface area contributed by atoms with Crippen molar-refractivity contribution in [2.24, 2.45) is 0 Å². The van der Waals surface area contributed by atoms with Crippen LogP contribution in [0.2, 0.25) is 0 Å². The number of hydrogen-bond donors (Lipinski definition) is 3. The zero-order valence-electron chi connectivity index (χ0n) is 27.3. The molecule has 4 saturated heterocycles. The molecule has 2 bridgehead atoms. The molecule has 4 aromatic rings. The van der Waals surface area contributed by atoms with Crippen molar-refractivity contribution in [2.75, 3.05) is 53.2 Å². The Morgan fingerprint density at radius 3 is 2.37 bits per heavy atom. The van der Waals surface area contributed by atoms with Crippen LogP contribution in [0.3, 0.4) is 0 Å². The van der Waals surface area contributed by atoms with Gasteiger partial charge in [0.2, 0.25) is 11.9 Å². The number of nitrogen functional groups attached to an aromatic ring is 1. The number of carbonyl (C=O) groups is 2. The summed E-state index contributed by atoms with van der Waals surface area (Å²) in [6.07, 6.45) is 8.55. The monoisotopic (exact) mass is 660 g/mol. The zero-order chi connectivity index (χ0) is 33.5. The molecular weight excluding hydrogens is 620 g/mol. The van der Waals surface area contributed by atoms with Gasteiger partial charge in [0.15, 0.2) is 5.82 Å². The Kier molecular flexibility index (Phi) is 8.20. The van der Waals surface area contributed by atoms with Crippen LogP contribution < -0.4 is 25.8 Å². The van der Waals surface area contributed by atoms with Crippen LogP contribution in [0.25, 0.3) is 11.3 Å². The van der Waals surface area contributed by atoms with Crippen LogP contribution in [0.15, 0.2) is 67.0 Å². The summed E-state index contributed by atoms with van der Waals surface area (Å²) in [5.41, 5.74) is 11.6. The topological polar surface area (TPSA) is 157 Å². The summed E-state index contributed by atoms with van der Waals surface area (Å²) in [6, 6.07) is 17.3. The number of phenols is 1. The van der Waals surface area contributed by atoms with E-state index in [1.165, 1.54) is 5.56 Å². The molecule has 6 heterocycles. The Labute approximate surface area is 284 Å². The van der Waals surface area contributed by atoms with Gasteiger partial charge >= 0.3 is 6.03 Å². The molecule has 2 aromatic carbocycles. The highest BCUT2D eigenvalue weighted by Gasteiger charge is 2.42. The van der Waals surface area contributed by atoms with Crippen LogP contribution in [0.1, 0.15) is 49.1 Å². The average Bonchev–Trinajstić information content (AvgIpc) is 3.38. The maximum atomic E-state index is 12.3. The molecule has 8 rings (SSSR count). The van der Waals surface area contributed by atoms with Gasteiger partial charge in [-0.05, 0) is 86.1 Å². The maximum Gasteiger partial charge on any atom is 0.328 e. The van der Waals surface area contributed by atoms with Gasteiger partial charge in [0.1, 0.15) is 5.75 Å². The Morgan fingerprint density at radius 1 is 0.878 bits per heavy atom. The summed E-state index contributed by atoms with van der Waals surface area (Å²) < 4.78 is 0. The highest BCUT2D eigenvalue weighted by molar-refractivity contribution is 6.05. The molecule has 2 atom stereocenters. The lowest BCUT2D eigenvalue weighted by molar-refractivity contribution is -0.120. The van der Waals surface area contributed by atoms with Gasteiger partial charge in [-0.1, -0.05) is 24.3 Å². The number of hydrogen-bond acceptors (Lipinski definition) is 11. The quantitative estimate of drug-likeness (QED) is 0.264. The van der Waals surface area contributed by atoms with Gasteiger partial charge in [0.25, 0.3) is 0 Å². The van der Waals surface area contributed by atoms with Crippen LogP contribution >= 0.6 is 0 Å². The predicted octanol–water partition coefficient (Wildman–Crippen LogP) is 3.90. The second-order valence-corrected chi connectivity index (χ2v) is 13.5. The van der Waals surface area contributed by atoms with E-state index in [0.717, 1.165) is 81.3 Å². The molecule has 3 amide bonds. The molecular formula is C36H40N10O3. The third-order valence-corrected chi connectivity index (χ3v) is 10.4. The number of aromatic nitrogens is 4. The van der Waals surface area contributed by atoms with E-state index in [-0.39, 0.29) is 29.8 Å². The lowest BCUT2D eigenvalue weighted by Crippen LogP contribution is -2.54. The highest BCUT2D eigenvalue weighted by atomic mass is 16.3. The van der Waals surface area contributed by atoms with Gasteiger partial charge in [-0.15, -0.1) is 10.2 Å². The van der Waals surface area contributed by atoms with E-state index in [1.54, 1.807) is 17.0 Å². The first-order valence-corrected chi connectivity index (χ1v) is 17.1. The maximum absolute atomic E-state index is 12.3. The van der Waals surface area contributed by atoms with E-state index in [4.69, 9.17) is 15.7 Å². The lowest BCUT2D eigenvalue weighted by atomic mass is 9.91. The number of nitrogens with two attached hydrogens (primary N) is 1. The minimum Gasteiger partial charge on any atom is -0.507 e.